The lowest BCUT2D eigenvalue weighted by Crippen LogP contribution is -2.46. The van der Waals surface area contributed by atoms with Crippen molar-refractivity contribution in [2.75, 3.05) is 25.5 Å². The van der Waals surface area contributed by atoms with Crippen LogP contribution in [0.5, 0.6) is 0 Å². The Balaban J connectivity index is 1.20. The third-order valence-electron chi connectivity index (χ3n) is 8.56. The highest BCUT2D eigenvalue weighted by Crippen LogP contribution is 2.38. The van der Waals surface area contributed by atoms with Crippen molar-refractivity contribution in [1.82, 2.24) is 29.5 Å². The lowest BCUT2D eigenvalue weighted by atomic mass is 10.0. The molecule has 3 N–H and O–H groups in total. The van der Waals surface area contributed by atoms with Crippen LogP contribution in [0.4, 0.5) is 23.2 Å². The molecule has 3 aromatic heterocycles. The van der Waals surface area contributed by atoms with Gasteiger partial charge in [-0.2, -0.15) is 18.2 Å². The lowest BCUT2D eigenvalue weighted by Gasteiger charge is -2.33. The van der Waals surface area contributed by atoms with Gasteiger partial charge in [-0.3, -0.25) is 4.79 Å². The molecule has 10 nitrogen and oxygen atoms in total. The average molecular weight is 618 g/mol. The van der Waals surface area contributed by atoms with Crippen LogP contribution in [0.2, 0.25) is 0 Å². The summed E-state index contributed by atoms with van der Waals surface area (Å²) in [5, 5.41) is 20.6. The number of anilines is 1. The number of halogens is 4. The number of rotatable bonds is 8. The molecule has 6 rings (SSSR count). The molecule has 0 unspecified atom stereocenters. The number of nitrogens with zero attached hydrogens (tertiary/aromatic N) is 5. The number of fused-ring (bicyclic) bond motifs is 1. The Morgan fingerprint density at radius 3 is 2.80 bits per heavy atom. The van der Waals surface area contributed by atoms with Gasteiger partial charge in [0.15, 0.2) is 0 Å². The van der Waals surface area contributed by atoms with Crippen molar-refractivity contribution in [3.8, 4) is 11.5 Å². The first-order valence-electron chi connectivity index (χ1n) is 14.6. The molecule has 0 bridgehead atoms. The van der Waals surface area contributed by atoms with Crippen LogP contribution in [0.15, 0.2) is 47.2 Å². The van der Waals surface area contributed by atoms with E-state index >= 15 is 0 Å². The average Bonchev–Trinajstić information content (AvgIpc) is 3.74. The van der Waals surface area contributed by atoms with Gasteiger partial charge < -0.3 is 34.3 Å². The van der Waals surface area contributed by atoms with E-state index in [9.17, 15) is 27.5 Å². The van der Waals surface area contributed by atoms with Crippen LogP contribution in [0.25, 0.3) is 22.4 Å². The zero-order valence-corrected chi connectivity index (χ0v) is 24.4. The van der Waals surface area contributed by atoms with E-state index in [0.29, 0.717) is 48.0 Å². The summed E-state index contributed by atoms with van der Waals surface area (Å²) < 4.78 is 64.2. The molecule has 1 saturated carbocycles. The molecule has 236 valence electrons. The smallest absolute Gasteiger partial charge is 0.390 e. The van der Waals surface area contributed by atoms with Gasteiger partial charge in [0.2, 0.25) is 11.7 Å². The van der Waals surface area contributed by atoms with Crippen molar-refractivity contribution < 1.29 is 32.0 Å². The summed E-state index contributed by atoms with van der Waals surface area (Å²) in [6.07, 6.45) is 0.508. The highest BCUT2D eigenvalue weighted by atomic mass is 19.4. The second-order valence-corrected chi connectivity index (χ2v) is 12.2. The number of aliphatic hydroxyl groups is 1. The summed E-state index contributed by atoms with van der Waals surface area (Å²) in [6.45, 7) is 1.36. The van der Waals surface area contributed by atoms with Gasteiger partial charge in [0.1, 0.15) is 12.7 Å². The second-order valence-electron chi connectivity index (χ2n) is 12.2. The molecular weight excluding hydrogens is 582 g/mol. The summed E-state index contributed by atoms with van der Waals surface area (Å²) >= 11 is 0. The summed E-state index contributed by atoms with van der Waals surface area (Å²) in [6, 6.07) is 7.76. The first-order chi connectivity index (χ1) is 20.8. The molecule has 1 aliphatic carbocycles. The van der Waals surface area contributed by atoms with E-state index < -0.39 is 30.5 Å². The SMILES string of the molecule is CN1CC[C@@H](Nc2cccc3c2cc(-c2noc(CNC(=O)c4ccn([C@H]5CC[C@@](C)(O)C5)c4)n2)n3CC(F)(F)F)[C@@H](F)C1. The standard InChI is InChI=1S/C30H35F4N7O3/c1-29(43)9-6-19(13-29)40-11-7-18(15-40)28(42)35-14-26-37-27(38-44-26)25-12-20-22(36-23-8-10-39(2)16-21(23)31)4-3-5-24(20)41(25)17-30(32,33)34/h3-5,7,11-12,15,19,21,23,36,43H,6,8-10,13-14,16-17H2,1-2H3,(H,35,42)/t19-,21-,23+,29+/m0/s1. The number of alkyl halides is 4. The molecule has 0 spiro atoms. The molecule has 44 heavy (non-hydrogen) atoms. The van der Waals surface area contributed by atoms with Gasteiger partial charge in [-0.25, -0.2) is 4.39 Å². The molecule has 14 heteroatoms. The van der Waals surface area contributed by atoms with Crippen molar-refractivity contribution >= 4 is 22.5 Å². The largest absolute Gasteiger partial charge is 0.406 e. The predicted molar refractivity (Wildman–Crippen MR) is 155 cm³/mol. The molecule has 0 radical (unpaired) electrons. The van der Waals surface area contributed by atoms with E-state index in [1.807, 2.05) is 16.5 Å². The molecule has 1 saturated heterocycles. The maximum absolute atomic E-state index is 14.8. The number of benzene rings is 1. The highest BCUT2D eigenvalue weighted by Gasteiger charge is 2.34. The fourth-order valence-corrected chi connectivity index (χ4v) is 6.27. The van der Waals surface area contributed by atoms with E-state index in [4.69, 9.17) is 4.52 Å². The minimum absolute atomic E-state index is 0.0217. The Hall–Kier alpha value is -3.91. The van der Waals surface area contributed by atoms with Crippen molar-refractivity contribution in [2.45, 2.75) is 75.7 Å². The summed E-state index contributed by atoms with van der Waals surface area (Å²) in [5.74, 6) is -0.425. The number of aromatic nitrogens is 4. The Morgan fingerprint density at radius 1 is 1.25 bits per heavy atom. The third-order valence-corrected chi connectivity index (χ3v) is 8.56. The first-order valence-corrected chi connectivity index (χ1v) is 14.6. The number of hydrogen-bond acceptors (Lipinski definition) is 7. The highest BCUT2D eigenvalue weighted by molar-refractivity contribution is 5.96. The van der Waals surface area contributed by atoms with Crippen molar-refractivity contribution in [3.63, 3.8) is 0 Å². The minimum atomic E-state index is -4.53. The normalized spacial score (nSPS) is 24.7. The number of likely N-dealkylation sites (tertiary alicyclic amines) is 1. The van der Waals surface area contributed by atoms with Gasteiger partial charge in [-0.05, 0) is 63.9 Å². The van der Waals surface area contributed by atoms with Crippen LogP contribution in [0.1, 0.15) is 54.9 Å². The van der Waals surface area contributed by atoms with Gasteiger partial charge >= 0.3 is 6.18 Å². The van der Waals surface area contributed by atoms with Gasteiger partial charge in [-0.1, -0.05) is 11.2 Å². The minimum Gasteiger partial charge on any atom is -0.390 e. The topological polar surface area (TPSA) is 113 Å². The predicted octanol–water partition coefficient (Wildman–Crippen LogP) is 4.92. The Bertz CT molecular complexity index is 1640. The van der Waals surface area contributed by atoms with Crippen LogP contribution < -0.4 is 10.6 Å². The van der Waals surface area contributed by atoms with E-state index in [2.05, 4.69) is 20.8 Å². The molecule has 4 heterocycles. The van der Waals surface area contributed by atoms with Gasteiger partial charge in [0, 0.05) is 42.6 Å². The number of piperidine rings is 1. The Kier molecular flexibility index (Phi) is 7.91. The fourth-order valence-electron chi connectivity index (χ4n) is 6.27. The quantitative estimate of drug-likeness (QED) is 0.241. The van der Waals surface area contributed by atoms with E-state index in [-0.39, 0.29) is 42.4 Å². The monoisotopic (exact) mass is 617 g/mol. The van der Waals surface area contributed by atoms with E-state index in [1.165, 1.54) is 0 Å². The third kappa shape index (κ3) is 6.46. The van der Waals surface area contributed by atoms with Crippen molar-refractivity contribution in [1.29, 1.82) is 0 Å². The summed E-state index contributed by atoms with van der Waals surface area (Å²) in [4.78, 5) is 19.0. The van der Waals surface area contributed by atoms with Gasteiger partial charge in [0.05, 0.1) is 35.0 Å². The van der Waals surface area contributed by atoms with Crippen LogP contribution in [0, 0.1) is 0 Å². The first kappa shape index (κ1) is 30.1. The fraction of sp³-hybridized carbons (Fsp3) is 0.500. The van der Waals surface area contributed by atoms with E-state index in [1.54, 1.807) is 49.6 Å². The number of nitrogens with one attached hydrogen (secondary N) is 2. The summed E-state index contributed by atoms with van der Waals surface area (Å²) in [5.41, 5.74) is 0.588. The summed E-state index contributed by atoms with van der Waals surface area (Å²) in [7, 11) is 1.85. The molecule has 1 amide bonds. The molecule has 2 aliphatic rings. The number of hydrogen-bond donors (Lipinski definition) is 3. The van der Waals surface area contributed by atoms with Crippen LogP contribution in [-0.2, 0) is 13.1 Å². The molecule has 1 aliphatic heterocycles. The van der Waals surface area contributed by atoms with Crippen molar-refractivity contribution in [2.24, 2.45) is 0 Å². The van der Waals surface area contributed by atoms with Crippen LogP contribution in [-0.4, -0.2) is 79.3 Å². The van der Waals surface area contributed by atoms with Gasteiger partial charge in [-0.15, -0.1) is 0 Å². The zero-order chi connectivity index (χ0) is 31.2. The van der Waals surface area contributed by atoms with Crippen molar-refractivity contribution in [3.05, 3.63) is 54.2 Å². The Morgan fingerprint density at radius 2 is 2.07 bits per heavy atom. The maximum Gasteiger partial charge on any atom is 0.406 e. The van der Waals surface area contributed by atoms with Gasteiger partial charge in [0.25, 0.3) is 5.91 Å². The zero-order valence-electron chi connectivity index (χ0n) is 24.4. The number of carbonyl (C=O) groups is 1. The van der Waals surface area contributed by atoms with E-state index in [0.717, 1.165) is 11.0 Å². The molecule has 1 aromatic carbocycles. The molecular formula is C30H35F4N7O3. The Labute approximate surface area is 251 Å². The maximum atomic E-state index is 14.8. The molecule has 4 aromatic rings. The molecule has 2 fully saturated rings. The lowest BCUT2D eigenvalue weighted by molar-refractivity contribution is -0.139. The second kappa shape index (κ2) is 11.5. The molecule has 4 atom stereocenters. The number of carbonyl (C=O) groups excluding carboxylic acids is 1. The van der Waals surface area contributed by atoms with Crippen LogP contribution in [0.3, 0.4) is 0 Å². The van der Waals surface area contributed by atoms with Crippen LogP contribution >= 0.6 is 0 Å². The number of amides is 1.